The Bertz CT molecular complexity index is 604. The molecule has 4 nitrogen and oxygen atoms in total. The lowest BCUT2D eigenvalue weighted by molar-refractivity contribution is 0.307. The fourth-order valence-electron chi connectivity index (χ4n) is 2.41. The van der Waals surface area contributed by atoms with Gasteiger partial charge in [0, 0.05) is 0 Å². The molecule has 4 heteroatoms. The second kappa shape index (κ2) is 7.64. The normalized spacial score (nSPS) is 12.1. The van der Waals surface area contributed by atoms with E-state index in [1.54, 1.807) is 36.4 Å². The summed E-state index contributed by atoms with van der Waals surface area (Å²) in [7, 11) is 0. The van der Waals surface area contributed by atoms with Crippen molar-refractivity contribution in [1.29, 1.82) is 0 Å². The SMILES string of the molecule is OC/C(Cc1cccc(O)c1)=C(/CO)Cc1cccc(O)c1. The zero-order valence-electron chi connectivity index (χ0n) is 12.2. The summed E-state index contributed by atoms with van der Waals surface area (Å²) in [6, 6.07) is 13.7. The van der Waals surface area contributed by atoms with Gasteiger partial charge in [-0.3, -0.25) is 0 Å². The predicted molar refractivity (Wildman–Crippen MR) is 84.8 cm³/mol. The quantitative estimate of drug-likeness (QED) is 0.616. The van der Waals surface area contributed by atoms with E-state index >= 15 is 0 Å². The maximum atomic E-state index is 9.61. The number of aliphatic hydroxyl groups is 2. The van der Waals surface area contributed by atoms with E-state index < -0.39 is 0 Å². The van der Waals surface area contributed by atoms with E-state index in [0.29, 0.717) is 12.8 Å². The van der Waals surface area contributed by atoms with Crippen LogP contribution in [0, 0.1) is 0 Å². The Labute approximate surface area is 129 Å². The number of aliphatic hydroxyl groups excluding tert-OH is 2. The molecule has 4 N–H and O–H groups in total. The number of hydrogen-bond donors (Lipinski definition) is 4. The number of phenols is 2. The molecule has 0 fully saturated rings. The molecule has 0 spiro atoms. The highest BCUT2D eigenvalue weighted by Crippen LogP contribution is 2.20. The maximum Gasteiger partial charge on any atom is 0.115 e. The highest BCUT2D eigenvalue weighted by molar-refractivity contribution is 5.35. The van der Waals surface area contributed by atoms with Crippen molar-refractivity contribution in [1.82, 2.24) is 0 Å². The maximum absolute atomic E-state index is 9.61. The molecule has 0 saturated heterocycles. The average molecular weight is 300 g/mol. The van der Waals surface area contributed by atoms with Crippen LogP contribution < -0.4 is 0 Å². The second-order valence-corrected chi connectivity index (χ2v) is 5.22. The van der Waals surface area contributed by atoms with Crippen molar-refractivity contribution in [2.45, 2.75) is 12.8 Å². The molecule has 0 bridgehead atoms. The lowest BCUT2D eigenvalue weighted by Gasteiger charge is -2.13. The minimum Gasteiger partial charge on any atom is -0.508 e. The highest BCUT2D eigenvalue weighted by atomic mass is 16.3. The van der Waals surface area contributed by atoms with Crippen LogP contribution in [-0.2, 0) is 12.8 Å². The molecule has 2 rings (SSSR count). The molecule has 0 aliphatic rings. The monoisotopic (exact) mass is 300 g/mol. The summed E-state index contributed by atoms with van der Waals surface area (Å²) in [6.07, 6.45) is 0.916. The Hall–Kier alpha value is -2.30. The van der Waals surface area contributed by atoms with Gasteiger partial charge in [0.25, 0.3) is 0 Å². The van der Waals surface area contributed by atoms with Crippen LogP contribution in [-0.4, -0.2) is 33.6 Å². The first-order valence-corrected chi connectivity index (χ1v) is 7.09. The zero-order chi connectivity index (χ0) is 15.9. The highest BCUT2D eigenvalue weighted by Gasteiger charge is 2.09. The van der Waals surface area contributed by atoms with Gasteiger partial charge >= 0.3 is 0 Å². The van der Waals surface area contributed by atoms with Crippen molar-refractivity contribution in [3.63, 3.8) is 0 Å². The molecule has 116 valence electrons. The summed E-state index contributed by atoms with van der Waals surface area (Å²) in [4.78, 5) is 0. The Morgan fingerprint density at radius 2 is 1.09 bits per heavy atom. The van der Waals surface area contributed by atoms with E-state index in [0.717, 1.165) is 22.3 Å². The fraction of sp³-hybridized carbons (Fsp3) is 0.222. The number of phenolic OH excluding ortho intramolecular Hbond substituents is 2. The van der Waals surface area contributed by atoms with Crippen molar-refractivity contribution in [3.05, 3.63) is 70.8 Å². The van der Waals surface area contributed by atoms with Crippen LogP contribution in [0.5, 0.6) is 11.5 Å². The molecule has 0 amide bonds. The minimum absolute atomic E-state index is 0.162. The van der Waals surface area contributed by atoms with Crippen LogP contribution in [0.4, 0.5) is 0 Å². The molecule has 0 aliphatic carbocycles. The molecule has 22 heavy (non-hydrogen) atoms. The van der Waals surface area contributed by atoms with Gasteiger partial charge in [-0.15, -0.1) is 0 Å². The zero-order valence-corrected chi connectivity index (χ0v) is 12.2. The van der Waals surface area contributed by atoms with Gasteiger partial charge in [-0.05, 0) is 59.4 Å². The molecular weight excluding hydrogens is 280 g/mol. The Kier molecular flexibility index (Phi) is 5.58. The largest absolute Gasteiger partial charge is 0.508 e. The summed E-state index contributed by atoms with van der Waals surface area (Å²) < 4.78 is 0. The molecule has 2 aromatic rings. The first kappa shape index (κ1) is 16.1. The van der Waals surface area contributed by atoms with Gasteiger partial charge in [0.05, 0.1) is 13.2 Å². The summed E-state index contributed by atoms with van der Waals surface area (Å²) in [6.45, 7) is -0.325. The van der Waals surface area contributed by atoms with Crippen molar-refractivity contribution in [3.8, 4) is 11.5 Å². The van der Waals surface area contributed by atoms with E-state index in [4.69, 9.17) is 0 Å². The standard InChI is InChI=1S/C18H20O4/c19-11-15(7-13-3-1-5-17(21)9-13)16(12-20)8-14-4-2-6-18(22)10-14/h1-6,9-10,19-22H,7-8,11-12H2/b16-15+. The van der Waals surface area contributed by atoms with Crippen LogP contribution in [0.2, 0.25) is 0 Å². The number of rotatable bonds is 6. The van der Waals surface area contributed by atoms with Crippen molar-refractivity contribution in [2.75, 3.05) is 13.2 Å². The predicted octanol–water partition coefficient (Wildman–Crippen LogP) is 2.16. The van der Waals surface area contributed by atoms with Gasteiger partial charge in [-0.1, -0.05) is 24.3 Å². The van der Waals surface area contributed by atoms with E-state index in [-0.39, 0.29) is 24.7 Å². The van der Waals surface area contributed by atoms with Crippen LogP contribution in [0.1, 0.15) is 11.1 Å². The topological polar surface area (TPSA) is 80.9 Å². The van der Waals surface area contributed by atoms with E-state index in [1.807, 2.05) is 12.1 Å². The summed E-state index contributed by atoms with van der Waals surface area (Å²) in [5.41, 5.74) is 3.17. The average Bonchev–Trinajstić information content (AvgIpc) is 2.51. The molecule has 2 aromatic carbocycles. The Morgan fingerprint density at radius 3 is 1.41 bits per heavy atom. The third kappa shape index (κ3) is 4.35. The first-order chi connectivity index (χ1) is 10.6. The number of benzene rings is 2. The molecule has 0 atom stereocenters. The van der Waals surface area contributed by atoms with Gasteiger partial charge in [0.2, 0.25) is 0 Å². The Balaban J connectivity index is 2.24. The van der Waals surface area contributed by atoms with Crippen molar-refractivity contribution in [2.24, 2.45) is 0 Å². The van der Waals surface area contributed by atoms with E-state index in [9.17, 15) is 20.4 Å². The van der Waals surface area contributed by atoms with Gasteiger partial charge < -0.3 is 20.4 Å². The first-order valence-electron chi connectivity index (χ1n) is 7.09. The van der Waals surface area contributed by atoms with Gasteiger partial charge in [-0.25, -0.2) is 0 Å². The summed E-state index contributed by atoms with van der Waals surface area (Å²) in [5, 5.41) is 38.2. The van der Waals surface area contributed by atoms with E-state index in [2.05, 4.69) is 0 Å². The van der Waals surface area contributed by atoms with Crippen LogP contribution in [0.15, 0.2) is 59.7 Å². The molecule has 0 aromatic heterocycles. The molecule has 0 heterocycles. The third-order valence-corrected chi connectivity index (χ3v) is 3.54. The van der Waals surface area contributed by atoms with Crippen LogP contribution >= 0.6 is 0 Å². The minimum atomic E-state index is -0.162. The summed E-state index contributed by atoms with van der Waals surface area (Å²) >= 11 is 0. The molecule has 0 radical (unpaired) electrons. The lowest BCUT2D eigenvalue weighted by Crippen LogP contribution is -2.07. The van der Waals surface area contributed by atoms with Crippen molar-refractivity contribution < 1.29 is 20.4 Å². The van der Waals surface area contributed by atoms with Gasteiger partial charge in [-0.2, -0.15) is 0 Å². The molecule has 0 unspecified atom stereocenters. The smallest absolute Gasteiger partial charge is 0.115 e. The summed E-state index contributed by atoms with van der Waals surface area (Å²) in [5.74, 6) is 0.349. The van der Waals surface area contributed by atoms with Gasteiger partial charge in [0.15, 0.2) is 0 Å². The van der Waals surface area contributed by atoms with Gasteiger partial charge in [0.1, 0.15) is 11.5 Å². The third-order valence-electron chi connectivity index (χ3n) is 3.54. The molecular formula is C18H20O4. The molecule has 0 saturated carbocycles. The van der Waals surface area contributed by atoms with E-state index in [1.165, 1.54) is 0 Å². The number of hydrogen-bond acceptors (Lipinski definition) is 4. The lowest BCUT2D eigenvalue weighted by atomic mass is 9.96. The van der Waals surface area contributed by atoms with Crippen molar-refractivity contribution >= 4 is 0 Å². The Morgan fingerprint density at radius 1 is 0.682 bits per heavy atom. The fourth-order valence-corrected chi connectivity index (χ4v) is 2.41. The molecule has 0 aliphatic heterocycles. The second-order valence-electron chi connectivity index (χ2n) is 5.22. The van der Waals surface area contributed by atoms with Crippen LogP contribution in [0.25, 0.3) is 0 Å². The number of aromatic hydroxyl groups is 2. The van der Waals surface area contributed by atoms with Crippen LogP contribution in [0.3, 0.4) is 0 Å².